The van der Waals surface area contributed by atoms with E-state index < -0.39 is 5.92 Å². The number of hydrogen-bond donors (Lipinski definition) is 2. The highest BCUT2D eigenvalue weighted by molar-refractivity contribution is 9.10. The number of anilines is 1. The highest BCUT2D eigenvalue weighted by Crippen LogP contribution is 2.49. The Labute approximate surface area is 222 Å². The van der Waals surface area contributed by atoms with Crippen molar-refractivity contribution in [3.63, 3.8) is 0 Å². The number of aliphatic hydroxyl groups is 1. The molecule has 1 heterocycles. The molecule has 1 atom stereocenters. The van der Waals surface area contributed by atoms with Crippen LogP contribution in [0.5, 0.6) is 0 Å². The van der Waals surface area contributed by atoms with Gasteiger partial charge < -0.3 is 5.11 Å². The Balaban J connectivity index is 1.86. The minimum atomic E-state index is -0.696. The quantitative estimate of drug-likeness (QED) is 0.313. The summed E-state index contributed by atoms with van der Waals surface area (Å²) >= 11 is 16.4. The number of carbonyl (C=O) groups excluding carboxylic acids is 1. The summed E-state index contributed by atoms with van der Waals surface area (Å²) < 4.78 is 0.854. The average Bonchev–Trinajstić information content (AvgIpc) is 2.84. The number of benzene rings is 3. The van der Waals surface area contributed by atoms with Gasteiger partial charge in [0.15, 0.2) is 5.78 Å². The molecule has 0 bridgehead atoms. The zero-order chi connectivity index (χ0) is 24.7. The van der Waals surface area contributed by atoms with Crippen molar-refractivity contribution in [3.05, 3.63) is 115 Å². The van der Waals surface area contributed by atoms with Gasteiger partial charge in [-0.2, -0.15) is 0 Å². The molecular weight excluding hydrogens is 547 g/mol. The van der Waals surface area contributed by atoms with E-state index in [1.54, 1.807) is 35.2 Å². The van der Waals surface area contributed by atoms with E-state index in [0.29, 0.717) is 51.6 Å². The maximum atomic E-state index is 13.5. The number of Topliss-reactive ketones (excluding diaryl/α,β-unsaturated/α-hetero) is 1. The van der Waals surface area contributed by atoms with Crippen molar-refractivity contribution in [2.45, 2.75) is 25.2 Å². The number of halogens is 3. The van der Waals surface area contributed by atoms with Crippen LogP contribution in [-0.4, -0.2) is 16.7 Å². The molecule has 35 heavy (non-hydrogen) atoms. The number of ketones is 1. The zero-order valence-electron chi connectivity index (χ0n) is 18.6. The summed E-state index contributed by atoms with van der Waals surface area (Å²) in [6, 6.07) is 21.8. The highest BCUT2D eigenvalue weighted by atomic mass is 79.9. The van der Waals surface area contributed by atoms with Gasteiger partial charge in [-0.15, -0.1) is 0 Å². The van der Waals surface area contributed by atoms with Gasteiger partial charge in [-0.25, -0.2) is 0 Å². The lowest BCUT2D eigenvalue weighted by Crippen LogP contribution is -2.42. The summed E-state index contributed by atoms with van der Waals surface area (Å²) in [4.78, 5) is 15.3. The molecule has 1 aliphatic carbocycles. The molecule has 0 fully saturated rings. The molecule has 0 radical (unpaired) electrons. The predicted octanol–water partition coefficient (Wildman–Crippen LogP) is 8.31. The zero-order valence-corrected chi connectivity index (χ0v) is 21.7. The molecule has 0 saturated heterocycles. The van der Waals surface area contributed by atoms with E-state index in [4.69, 9.17) is 23.2 Å². The lowest BCUT2D eigenvalue weighted by molar-refractivity contribution is -0.116. The van der Waals surface area contributed by atoms with Gasteiger partial charge in [0.2, 0.25) is 0 Å². The maximum Gasteiger partial charge on any atom is 0.161 e. The van der Waals surface area contributed by atoms with Crippen molar-refractivity contribution in [1.29, 1.82) is 5.41 Å². The third kappa shape index (κ3) is 4.33. The Morgan fingerprint density at radius 2 is 1.77 bits per heavy atom. The smallest absolute Gasteiger partial charge is 0.161 e. The lowest BCUT2D eigenvalue weighted by atomic mass is 9.73. The molecule has 1 unspecified atom stereocenters. The van der Waals surface area contributed by atoms with Crippen LogP contribution in [0.15, 0.2) is 94.1 Å². The number of aliphatic hydroxyl groups excluding tert-OH is 1. The molecule has 0 saturated carbocycles. The fraction of sp³-hybridized carbons (Fsp3) is 0.143. The van der Waals surface area contributed by atoms with E-state index in [1.165, 1.54) is 0 Å². The second-order valence-corrected chi connectivity index (χ2v) is 10.3. The van der Waals surface area contributed by atoms with Crippen LogP contribution in [-0.2, 0) is 4.79 Å². The van der Waals surface area contributed by atoms with Crippen molar-refractivity contribution >= 4 is 62.2 Å². The molecule has 0 spiro atoms. The van der Waals surface area contributed by atoms with Crippen LogP contribution in [0.2, 0.25) is 10.0 Å². The molecule has 2 aliphatic rings. The maximum absolute atomic E-state index is 13.5. The average molecular weight is 568 g/mol. The van der Waals surface area contributed by atoms with Crippen molar-refractivity contribution in [3.8, 4) is 0 Å². The number of hydrogen-bond acceptors (Lipinski definition) is 3. The number of rotatable bonds is 3. The van der Waals surface area contributed by atoms with Crippen LogP contribution in [0.4, 0.5) is 5.69 Å². The second kappa shape index (κ2) is 9.65. The highest BCUT2D eigenvalue weighted by Gasteiger charge is 2.43. The Morgan fingerprint density at radius 3 is 2.49 bits per heavy atom. The first-order valence-corrected chi connectivity index (χ1v) is 12.8. The van der Waals surface area contributed by atoms with Crippen molar-refractivity contribution in [2.24, 2.45) is 0 Å². The molecule has 176 valence electrons. The van der Waals surface area contributed by atoms with Crippen molar-refractivity contribution in [2.75, 3.05) is 4.90 Å². The number of allylic oxidation sites excluding steroid dienone is 2. The molecule has 3 aromatic carbocycles. The van der Waals surface area contributed by atoms with Gasteiger partial charge in [0.05, 0.1) is 0 Å². The molecule has 7 heteroatoms. The predicted molar refractivity (Wildman–Crippen MR) is 145 cm³/mol. The summed E-state index contributed by atoms with van der Waals surface area (Å²) in [7, 11) is 0. The molecular formula is C28H21BrCl2N2O2. The van der Waals surface area contributed by atoms with E-state index in [9.17, 15) is 15.3 Å². The molecule has 3 aromatic rings. The number of carbonyl (C=O) groups is 1. The van der Waals surface area contributed by atoms with E-state index in [0.717, 1.165) is 15.9 Å². The summed E-state index contributed by atoms with van der Waals surface area (Å²) in [6.45, 7) is 0. The van der Waals surface area contributed by atoms with Gasteiger partial charge in [-0.1, -0.05) is 81.6 Å². The first-order valence-electron chi connectivity index (χ1n) is 11.2. The van der Waals surface area contributed by atoms with Gasteiger partial charge >= 0.3 is 0 Å². The normalized spacial score (nSPS) is 19.6. The van der Waals surface area contributed by atoms with Gasteiger partial charge in [-0.3, -0.25) is 15.1 Å². The Hall–Kier alpha value is -2.86. The molecule has 5 rings (SSSR count). The first kappa shape index (κ1) is 23.9. The summed E-state index contributed by atoms with van der Waals surface area (Å²) in [5.41, 5.74) is 3.60. The van der Waals surface area contributed by atoms with Crippen LogP contribution in [0.1, 0.15) is 36.3 Å². The van der Waals surface area contributed by atoms with Crippen LogP contribution in [0.3, 0.4) is 0 Å². The van der Waals surface area contributed by atoms with E-state index in [1.807, 2.05) is 42.5 Å². The van der Waals surface area contributed by atoms with Crippen LogP contribution >= 0.6 is 39.1 Å². The largest absolute Gasteiger partial charge is 0.507 e. The van der Waals surface area contributed by atoms with Gasteiger partial charge in [-0.05, 0) is 48.7 Å². The molecule has 0 aromatic heterocycles. The molecule has 2 N–H and O–H groups in total. The minimum absolute atomic E-state index is 0.00637. The van der Waals surface area contributed by atoms with Crippen LogP contribution < -0.4 is 4.90 Å². The first-order chi connectivity index (χ1) is 16.9. The number of amidine groups is 1. The third-order valence-electron chi connectivity index (χ3n) is 6.40. The van der Waals surface area contributed by atoms with Crippen LogP contribution in [0, 0.1) is 5.41 Å². The van der Waals surface area contributed by atoms with Gasteiger partial charge in [0, 0.05) is 55.0 Å². The SMILES string of the molecule is N=C1/C(=C(/O)c2ccccc2)C(c2ccc(Cl)cc2Cl)C2=C(CCCC2=O)N1c1cccc(Br)c1. The second-order valence-electron chi connectivity index (χ2n) is 8.53. The molecule has 4 nitrogen and oxygen atoms in total. The Bertz CT molecular complexity index is 1420. The summed E-state index contributed by atoms with van der Waals surface area (Å²) in [5, 5.41) is 21.8. The van der Waals surface area contributed by atoms with E-state index in [2.05, 4.69) is 15.9 Å². The van der Waals surface area contributed by atoms with Crippen molar-refractivity contribution < 1.29 is 9.90 Å². The van der Waals surface area contributed by atoms with Crippen LogP contribution in [0.25, 0.3) is 5.76 Å². The van der Waals surface area contributed by atoms with Gasteiger partial charge in [0.25, 0.3) is 0 Å². The molecule has 1 aliphatic heterocycles. The number of nitrogens with one attached hydrogen (secondary N) is 1. The fourth-order valence-corrected chi connectivity index (χ4v) is 5.79. The van der Waals surface area contributed by atoms with Crippen molar-refractivity contribution in [1.82, 2.24) is 0 Å². The Morgan fingerprint density at radius 1 is 1.00 bits per heavy atom. The molecule has 0 amide bonds. The third-order valence-corrected chi connectivity index (χ3v) is 7.45. The Kier molecular flexibility index (Phi) is 6.58. The summed E-state index contributed by atoms with van der Waals surface area (Å²) in [5.74, 6) is -0.655. The van der Waals surface area contributed by atoms with Gasteiger partial charge in [0.1, 0.15) is 11.6 Å². The fourth-order valence-electron chi connectivity index (χ4n) is 4.89. The standard InChI is InChI=1S/C28H21BrCl2N2O2/c29-17-8-4-9-19(14-17)33-22-10-5-11-23(34)25(22)24(20-13-12-18(30)15-21(20)31)26(28(33)32)27(35)16-6-2-1-3-7-16/h1-4,6-9,12-15,24,32,35H,5,10-11H2/b27-26+,32-28?. The number of nitrogens with zero attached hydrogens (tertiary/aromatic N) is 1. The lowest BCUT2D eigenvalue weighted by Gasteiger charge is -2.42. The topological polar surface area (TPSA) is 64.4 Å². The minimum Gasteiger partial charge on any atom is -0.507 e. The summed E-state index contributed by atoms with van der Waals surface area (Å²) in [6.07, 6.45) is 1.73. The monoisotopic (exact) mass is 566 g/mol. The van der Waals surface area contributed by atoms with E-state index >= 15 is 0 Å². The van der Waals surface area contributed by atoms with E-state index in [-0.39, 0.29) is 17.4 Å².